The van der Waals surface area contributed by atoms with Crippen LogP contribution in [0.25, 0.3) is 17.1 Å². The molecule has 2 N–H and O–H groups in total. The maximum atomic E-state index is 4.61. The summed E-state index contributed by atoms with van der Waals surface area (Å²) < 4.78 is 1.69. The summed E-state index contributed by atoms with van der Waals surface area (Å²) in [7, 11) is 0. The average Bonchev–Trinajstić information content (AvgIpc) is 2.98. The standard InChI is InChI=1S/C16H18N8/c1-16(2,3)9-18-15-17-8-10-13(20-15)19-11-6-4-5-7-12(11)24-14(10)21-22-23-24/h4-8H,9H2,1-3H3,(H2,17,18,19,20). The normalized spacial score (nSPS) is 12.5. The van der Waals surface area contributed by atoms with Gasteiger partial charge in [0.2, 0.25) is 5.95 Å². The topological polar surface area (TPSA) is 93.4 Å². The third-order valence-electron chi connectivity index (χ3n) is 3.66. The van der Waals surface area contributed by atoms with Gasteiger partial charge >= 0.3 is 0 Å². The highest BCUT2D eigenvalue weighted by molar-refractivity contribution is 5.81. The van der Waals surface area contributed by atoms with Gasteiger partial charge in [0.1, 0.15) is 5.82 Å². The van der Waals surface area contributed by atoms with Crippen molar-refractivity contribution in [1.82, 2.24) is 30.2 Å². The number of hydrogen-bond donors (Lipinski definition) is 2. The molecule has 4 rings (SSSR count). The number of hydrogen-bond acceptors (Lipinski definition) is 7. The SMILES string of the molecule is CC(C)(C)CNc1ncc2c(n1)Nc1ccccc1-n1nnnc1-2. The molecule has 0 aliphatic carbocycles. The molecule has 3 heterocycles. The van der Waals surface area contributed by atoms with Crippen molar-refractivity contribution < 1.29 is 0 Å². The first-order valence-corrected chi connectivity index (χ1v) is 7.77. The molecule has 0 fully saturated rings. The molecule has 8 nitrogen and oxygen atoms in total. The third-order valence-corrected chi connectivity index (χ3v) is 3.66. The minimum atomic E-state index is 0.139. The van der Waals surface area contributed by atoms with E-state index in [0.717, 1.165) is 23.5 Å². The molecule has 0 unspecified atom stereocenters. The molecule has 1 aromatic carbocycles. The second-order valence-corrected chi connectivity index (χ2v) is 6.93. The Bertz CT molecular complexity index is 893. The van der Waals surface area contributed by atoms with Gasteiger partial charge in [0.05, 0.1) is 16.9 Å². The highest BCUT2D eigenvalue weighted by atomic mass is 15.5. The van der Waals surface area contributed by atoms with Gasteiger partial charge in [-0.05, 0) is 28.0 Å². The molecule has 0 saturated carbocycles. The van der Waals surface area contributed by atoms with Crippen LogP contribution in [0.3, 0.4) is 0 Å². The zero-order valence-corrected chi connectivity index (χ0v) is 13.8. The van der Waals surface area contributed by atoms with Crippen LogP contribution in [-0.2, 0) is 0 Å². The van der Waals surface area contributed by atoms with Crippen LogP contribution in [0.2, 0.25) is 0 Å². The number of fused-ring (bicyclic) bond motifs is 5. The number of rotatable bonds is 2. The molecule has 0 spiro atoms. The van der Waals surface area contributed by atoms with Crippen molar-refractivity contribution in [3.8, 4) is 17.1 Å². The third kappa shape index (κ3) is 2.55. The van der Waals surface area contributed by atoms with Crippen LogP contribution in [-0.4, -0.2) is 36.7 Å². The van der Waals surface area contributed by atoms with E-state index >= 15 is 0 Å². The minimum absolute atomic E-state index is 0.139. The molecule has 0 amide bonds. The maximum absolute atomic E-state index is 4.61. The van der Waals surface area contributed by atoms with Crippen LogP contribution in [0.4, 0.5) is 17.5 Å². The Morgan fingerprint density at radius 3 is 2.88 bits per heavy atom. The van der Waals surface area contributed by atoms with E-state index in [1.807, 2.05) is 24.3 Å². The van der Waals surface area contributed by atoms with Gasteiger partial charge in [-0.25, -0.2) is 4.98 Å². The Hall–Kier alpha value is -3.03. The molecule has 122 valence electrons. The van der Waals surface area contributed by atoms with Crippen molar-refractivity contribution >= 4 is 17.5 Å². The number of tetrazole rings is 1. The summed E-state index contributed by atoms with van der Waals surface area (Å²) in [5.41, 5.74) is 2.67. The lowest BCUT2D eigenvalue weighted by Gasteiger charge is -2.19. The summed E-state index contributed by atoms with van der Waals surface area (Å²) >= 11 is 0. The first kappa shape index (κ1) is 14.6. The molecule has 3 aromatic rings. The lowest BCUT2D eigenvalue weighted by Crippen LogP contribution is -2.20. The quantitative estimate of drug-likeness (QED) is 0.586. The van der Waals surface area contributed by atoms with Crippen LogP contribution in [0.5, 0.6) is 0 Å². The predicted octanol–water partition coefficient (Wildman–Crippen LogP) is 2.63. The fraction of sp³-hybridized carbons (Fsp3) is 0.312. The Labute approximate surface area is 139 Å². The number of aromatic nitrogens is 6. The van der Waals surface area contributed by atoms with Gasteiger partial charge in [-0.15, -0.1) is 5.10 Å². The van der Waals surface area contributed by atoms with Gasteiger partial charge < -0.3 is 10.6 Å². The van der Waals surface area contributed by atoms with Crippen molar-refractivity contribution in [1.29, 1.82) is 0 Å². The van der Waals surface area contributed by atoms with Crippen LogP contribution in [0, 0.1) is 5.41 Å². The van der Waals surface area contributed by atoms with Gasteiger partial charge in [-0.1, -0.05) is 32.9 Å². The summed E-state index contributed by atoms with van der Waals surface area (Å²) in [5.74, 6) is 1.88. The molecule has 2 aromatic heterocycles. The molecule has 1 aliphatic rings. The number of nitrogens with zero attached hydrogens (tertiary/aromatic N) is 6. The van der Waals surface area contributed by atoms with E-state index in [1.165, 1.54) is 0 Å². The first-order valence-electron chi connectivity index (χ1n) is 7.77. The van der Waals surface area contributed by atoms with E-state index in [9.17, 15) is 0 Å². The number of para-hydroxylation sites is 2. The lowest BCUT2D eigenvalue weighted by atomic mass is 9.97. The van der Waals surface area contributed by atoms with Crippen LogP contribution >= 0.6 is 0 Å². The summed E-state index contributed by atoms with van der Waals surface area (Å²) in [6.07, 6.45) is 1.74. The number of anilines is 3. The van der Waals surface area contributed by atoms with Crippen molar-refractivity contribution in [3.63, 3.8) is 0 Å². The Morgan fingerprint density at radius 1 is 1.21 bits per heavy atom. The van der Waals surface area contributed by atoms with Crippen molar-refractivity contribution in [3.05, 3.63) is 30.5 Å². The molecule has 0 saturated heterocycles. The zero-order chi connectivity index (χ0) is 16.7. The highest BCUT2D eigenvalue weighted by Crippen LogP contribution is 2.35. The number of nitrogens with one attached hydrogen (secondary N) is 2. The van der Waals surface area contributed by atoms with E-state index in [2.05, 4.69) is 56.9 Å². The molecular formula is C16H18N8. The van der Waals surface area contributed by atoms with E-state index in [1.54, 1.807) is 10.9 Å². The molecule has 1 aliphatic heterocycles. The number of benzene rings is 1. The van der Waals surface area contributed by atoms with Crippen LogP contribution in [0.15, 0.2) is 30.5 Å². The monoisotopic (exact) mass is 322 g/mol. The van der Waals surface area contributed by atoms with E-state index in [4.69, 9.17) is 0 Å². The highest BCUT2D eigenvalue weighted by Gasteiger charge is 2.23. The zero-order valence-electron chi connectivity index (χ0n) is 13.8. The van der Waals surface area contributed by atoms with Gasteiger partial charge in [0, 0.05) is 12.7 Å². The Balaban J connectivity index is 1.79. The Morgan fingerprint density at radius 2 is 2.04 bits per heavy atom. The maximum Gasteiger partial charge on any atom is 0.224 e. The van der Waals surface area contributed by atoms with Gasteiger partial charge in [0.15, 0.2) is 5.82 Å². The van der Waals surface area contributed by atoms with E-state index in [0.29, 0.717) is 17.6 Å². The summed E-state index contributed by atoms with van der Waals surface area (Å²) in [4.78, 5) is 9.02. The second-order valence-electron chi connectivity index (χ2n) is 6.93. The van der Waals surface area contributed by atoms with Crippen molar-refractivity contribution in [2.24, 2.45) is 5.41 Å². The largest absolute Gasteiger partial charge is 0.354 e. The van der Waals surface area contributed by atoms with Gasteiger partial charge in [0.25, 0.3) is 0 Å². The average molecular weight is 322 g/mol. The smallest absolute Gasteiger partial charge is 0.224 e. The molecule has 0 radical (unpaired) electrons. The van der Waals surface area contributed by atoms with Gasteiger partial charge in [-0.2, -0.15) is 9.67 Å². The predicted molar refractivity (Wildman–Crippen MR) is 91.4 cm³/mol. The van der Waals surface area contributed by atoms with Crippen LogP contribution in [0.1, 0.15) is 20.8 Å². The molecular weight excluding hydrogens is 304 g/mol. The molecule has 0 bridgehead atoms. The lowest BCUT2D eigenvalue weighted by molar-refractivity contribution is 0.442. The molecule has 24 heavy (non-hydrogen) atoms. The van der Waals surface area contributed by atoms with E-state index in [-0.39, 0.29) is 5.41 Å². The van der Waals surface area contributed by atoms with Crippen molar-refractivity contribution in [2.75, 3.05) is 17.2 Å². The van der Waals surface area contributed by atoms with Gasteiger partial charge in [-0.3, -0.25) is 0 Å². The second kappa shape index (κ2) is 5.26. The fourth-order valence-corrected chi connectivity index (χ4v) is 2.48. The van der Waals surface area contributed by atoms with Crippen molar-refractivity contribution in [2.45, 2.75) is 20.8 Å². The first-order chi connectivity index (χ1) is 11.5. The molecule has 8 heteroatoms. The minimum Gasteiger partial charge on any atom is -0.354 e. The van der Waals surface area contributed by atoms with Crippen LogP contribution < -0.4 is 10.6 Å². The fourth-order valence-electron chi connectivity index (χ4n) is 2.48. The summed E-state index contributed by atoms with van der Waals surface area (Å²) in [6, 6.07) is 7.84. The summed E-state index contributed by atoms with van der Waals surface area (Å²) in [5, 5.41) is 18.7. The molecule has 0 atom stereocenters. The van der Waals surface area contributed by atoms with E-state index < -0.39 is 0 Å². The summed E-state index contributed by atoms with van der Waals surface area (Å²) in [6.45, 7) is 7.25. The Kier molecular flexibility index (Phi) is 3.19.